The Labute approximate surface area is 268 Å². The second-order valence-corrected chi connectivity index (χ2v) is 13.0. The summed E-state index contributed by atoms with van der Waals surface area (Å²) in [6.45, 7) is 5.83. The van der Waals surface area contributed by atoms with Crippen LogP contribution in [0, 0.1) is 11.3 Å². The van der Waals surface area contributed by atoms with Gasteiger partial charge in [-0.15, -0.1) is 10.2 Å². The van der Waals surface area contributed by atoms with Crippen molar-refractivity contribution in [2.24, 2.45) is 0 Å². The predicted octanol–water partition coefficient (Wildman–Crippen LogP) is 2.21. The monoisotopic (exact) mass is 621 g/mol. The number of fused-ring (bicyclic) bond motifs is 2. The second-order valence-electron chi connectivity index (χ2n) is 13.0. The highest BCUT2D eigenvalue weighted by Gasteiger charge is 2.46. The van der Waals surface area contributed by atoms with Gasteiger partial charge < -0.3 is 20.0 Å². The Kier molecular flexibility index (Phi) is 8.02. The highest BCUT2D eigenvalue weighted by molar-refractivity contribution is 5.96. The number of likely N-dealkylation sites (tertiary alicyclic amines) is 3. The standard InChI is InChI=1S/C34H39N9O3/c1-22(36-21-30(44)43-16-2-5-27(43)20-35)19-34(33-37-39-40-38-33)28-10-8-25(31(45)41-12-3-13-41)17-23(28)6-7-24-18-26(9-11-29(24)34)32(46)42-14-4-15-42/h8-11,17-18,22,27,36H,2-7,12-16,19,21H2,1H3,(H,37,38,39,40)/t22-,27+/m1/s1. The van der Waals surface area contributed by atoms with Crippen LogP contribution < -0.4 is 5.32 Å². The molecule has 238 valence electrons. The molecule has 2 aromatic carbocycles. The third kappa shape index (κ3) is 5.22. The van der Waals surface area contributed by atoms with E-state index in [1.807, 2.05) is 53.1 Å². The van der Waals surface area contributed by atoms with Gasteiger partial charge in [-0.05, 0) is 98.4 Å². The third-order valence-electron chi connectivity index (χ3n) is 10.2. The van der Waals surface area contributed by atoms with Crippen molar-refractivity contribution in [3.63, 3.8) is 0 Å². The molecule has 1 aromatic heterocycles. The third-order valence-corrected chi connectivity index (χ3v) is 10.2. The first-order valence-electron chi connectivity index (χ1n) is 16.4. The molecule has 0 radical (unpaired) electrons. The number of carbonyl (C=O) groups excluding carboxylic acids is 3. The maximum absolute atomic E-state index is 13.3. The molecule has 4 heterocycles. The first kappa shape index (κ1) is 30.0. The Hall–Kier alpha value is -4.63. The molecule has 0 unspecified atom stereocenters. The van der Waals surface area contributed by atoms with E-state index in [1.54, 1.807) is 4.90 Å². The molecule has 12 heteroatoms. The zero-order valence-corrected chi connectivity index (χ0v) is 26.2. The van der Waals surface area contributed by atoms with Crippen molar-refractivity contribution < 1.29 is 14.4 Å². The van der Waals surface area contributed by atoms with E-state index in [0.717, 1.165) is 67.7 Å². The molecule has 0 saturated carbocycles. The minimum absolute atomic E-state index is 0.0366. The molecule has 7 rings (SSSR count). The summed E-state index contributed by atoms with van der Waals surface area (Å²) < 4.78 is 0. The number of nitrogens with zero attached hydrogens (tertiary/aromatic N) is 7. The topological polar surface area (TPSA) is 151 Å². The van der Waals surface area contributed by atoms with Crippen LogP contribution in [0.15, 0.2) is 36.4 Å². The summed E-state index contributed by atoms with van der Waals surface area (Å²) >= 11 is 0. The van der Waals surface area contributed by atoms with Gasteiger partial charge in [-0.25, -0.2) is 0 Å². The van der Waals surface area contributed by atoms with Gasteiger partial charge in [0.2, 0.25) is 5.91 Å². The van der Waals surface area contributed by atoms with E-state index >= 15 is 0 Å². The molecule has 46 heavy (non-hydrogen) atoms. The Morgan fingerprint density at radius 1 is 0.957 bits per heavy atom. The number of nitriles is 1. The molecule has 2 atom stereocenters. The van der Waals surface area contributed by atoms with Gasteiger partial charge >= 0.3 is 0 Å². The summed E-state index contributed by atoms with van der Waals surface area (Å²) in [4.78, 5) is 45.1. The molecule has 3 aliphatic heterocycles. The normalized spacial score (nSPS) is 20.4. The van der Waals surface area contributed by atoms with Gasteiger partial charge in [-0.1, -0.05) is 17.3 Å². The van der Waals surface area contributed by atoms with E-state index in [0.29, 0.717) is 49.2 Å². The Morgan fingerprint density at radius 3 is 2.07 bits per heavy atom. The fraction of sp³-hybridized carbons (Fsp3) is 0.500. The maximum atomic E-state index is 13.3. The van der Waals surface area contributed by atoms with Crippen LogP contribution in [0.1, 0.15) is 87.8 Å². The lowest BCUT2D eigenvalue weighted by Gasteiger charge is -2.37. The van der Waals surface area contributed by atoms with Crippen LogP contribution in [0.4, 0.5) is 0 Å². The van der Waals surface area contributed by atoms with Crippen molar-refractivity contribution in [1.29, 1.82) is 5.26 Å². The summed E-state index contributed by atoms with van der Waals surface area (Å²) in [6, 6.07) is 13.6. The fourth-order valence-electron chi connectivity index (χ4n) is 7.51. The van der Waals surface area contributed by atoms with E-state index in [2.05, 4.69) is 32.0 Å². The van der Waals surface area contributed by atoms with Crippen LogP contribution in [-0.2, 0) is 23.1 Å². The highest BCUT2D eigenvalue weighted by Crippen LogP contribution is 2.47. The number of amides is 3. The Balaban J connectivity index is 1.28. The first-order valence-corrected chi connectivity index (χ1v) is 16.4. The van der Waals surface area contributed by atoms with Crippen LogP contribution in [0.3, 0.4) is 0 Å². The summed E-state index contributed by atoms with van der Waals surface area (Å²) in [5.74, 6) is 0.475. The number of hydrogen-bond acceptors (Lipinski definition) is 8. The van der Waals surface area contributed by atoms with Crippen molar-refractivity contribution in [3.05, 3.63) is 75.6 Å². The molecule has 1 aliphatic carbocycles. The zero-order valence-electron chi connectivity index (χ0n) is 26.2. The van der Waals surface area contributed by atoms with Gasteiger partial charge in [0, 0.05) is 49.9 Å². The highest BCUT2D eigenvalue weighted by atomic mass is 16.2. The molecule has 0 bridgehead atoms. The predicted molar refractivity (Wildman–Crippen MR) is 168 cm³/mol. The van der Waals surface area contributed by atoms with Crippen molar-refractivity contribution in [2.45, 2.75) is 69.4 Å². The van der Waals surface area contributed by atoms with Crippen LogP contribution in [0.25, 0.3) is 0 Å². The zero-order chi connectivity index (χ0) is 31.8. The number of aromatic amines is 1. The average Bonchev–Trinajstić information content (AvgIpc) is 3.71. The molecule has 0 spiro atoms. The Morgan fingerprint density at radius 2 is 1.57 bits per heavy atom. The van der Waals surface area contributed by atoms with Crippen LogP contribution in [0.5, 0.6) is 0 Å². The van der Waals surface area contributed by atoms with Crippen LogP contribution in [-0.4, -0.2) is 104 Å². The molecular weight excluding hydrogens is 582 g/mol. The number of nitrogens with one attached hydrogen (secondary N) is 2. The van der Waals surface area contributed by atoms with E-state index in [1.165, 1.54) is 0 Å². The lowest BCUT2D eigenvalue weighted by Crippen LogP contribution is -2.45. The summed E-state index contributed by atoms with van der Waals surface area (Å²) in [7, 11) is 0. The number of benzene rings is 2. The van der Waals surface area contributed by atoms with Crippen LogP contribution >= 0.6 is 0 Å². The maximum Gasteiger partial charge on any atom is 0.253 e. The lowest BCUT2D eigenvalue weighted by atomic mass is 9.67. The minimum atomic E-state index is -0.886. The van der Waals surface area contributed by atoms with Gasteiger partial charge in [0.05, 0.1) is 18.0 Å². The number of H-pyrrole nitrogens is 1. The number of tetrazole rings is 1. The molecular formula is C34H39N9O3. The van der Waals surface area contributed by atoms with Gasteiger partial charge in [-0.2, -0.15) is 10.5 Å². The molecule has 4 aliphatic rings. The second kappa shape index (κ2) is 12.3. The Bertz CT molecular complexity index is 1610. The SMILES string of the molecule is C[C@H](CC1(c2nn[nH]n2)c2ccc(C(=O)N3CCC3)cc2CCc2cc(C(=O)N3CCC3)ccc21)NCC(=O)N1CCC[C@H]1C#N. The minimum Gasteiger partial charge on any atom is -0.339 e. The summed E-state index contributed by atoms with van der Waals surface area (Å²) in [6.07, 6.45) is 5.42. The number of rotatable bonds is 8. The molecule has 2 N–H and O–H groups in total. The van der Waals surface area contributed by atoms with Crippen molar-refractivity contribution in [2.75, 3.05) is 39.3 Å². The lowest BCUT2D eigenvalue weighted by molar-refractivity contribution is -0.130. The fourth-order valence-corrected chi connectivity index (χ4v) is 7.51. The molecule has 3 fully saturated rings. The van der Waals surface area contributed by atoms with E-state index in [-0.39, 0.29) is 36.3 Å². The average molecular weight is 622 g/mol. The number of aromatic nitrogens is 4. The number of carbonyl (C=O) groups is 3. The molecule has 3 aromatic rings. The quantitative estimate of drug-likeness (QED) is 0.389. The summed E-state index contributed by atoms with van der Waals surface area (Å²) in [5, 5.41) is 28.7. The van der Waals surface area contributed by atoms with Crippen molar-refractivity contribution >= 4 is 17.7 Å². The summed E-state index contributed by atoms with van der Waals surface area (Å²) in [5.41, 5.74) is 4.46. The van der Waals surface area contributed by atoms with Gasteiger partial charge in [-0.3, -0.25) is 14.4 Å². The van der Waals surface area contributed by atoms with Crippen molar-refractivity contribution in [3.8, 4) is 6.07 Å². The van der Waals surface area contributed by atoms with E-state index < -0.39 is 5.41 Å². The number of hydrogen-bond donors (Lipinski definition) is 2. The van der Waals surface area contributed by atoms with Gasteiger partial charge in [0.25, 0.3) is 11.8 Å². The van der Waals surface area contributed by atoms with Gasteiger partial charge in [0.15, 0.2) is 5.82 Å². The largest absolute Gasteiger partial charge is 0.339 e. The molecule has 3 amide bonds. The van der Waals surface area contributed by atoms with E-state index in [4.69, 9.17) is 0 Å². The van der Waals surface area contributed by atoms with Crippen LogP contribution in [0.2, 0.25) is 0 Å². The smallest absolute Gasteiger partial charge is 0.253 e. The molecule has 12 nitrogen and oxygen atoms in total. The molecule has 3 saturated heterocycles. The van der Waals surface area contributed by atoms with Crippen molar-refractivity contribution in [1.82, 2.24) is 40.6 Å². The van der Waals surface area contributed by atoms with Gasteiger partial charge in [0.1, 0.15) is 6.04 Å². The first-order chi connectivity index (χ1) is 22.4. The van der Waals surface area contributed by atoms with E-state index in [9.17, 15) is 19.6 Å². The number of aryl methyl sites for hydroxylation is 2.